The van der Waals surface area contributed by atoms with Crippen LogP contribution < -0.4 is 10.1 Å². The van der Waals surface area contributed by atoms with E-state index in [0.29, 0.717) is 29.8 Å². The first-order chi connectivity index (χ1) is 12.6. The molecule has 134 valence electrons. The summed E-state index contributed by atoms with van der Waals surface area (Å²) in [7, 11) is 1.63. The number of methoxy groups -OCH3 is 1. The average molecular weight is 368 g/mol. The summed E-state index contributed by atoms with van der Waals surface area (Å²) in [4.78, 5) is 13.7. The minimum atomic E-state index is -0.350. The Labute approximate surface area is 156 Å². The van der Waals surface area contributed by atoms with Crippen LogP contribution in [0.15, 0.2) is 24.3 Å². The number of ether oxygens (including phenoxy) is 1. The number of anilines is 1. The van der Waals surface area contributed by atoms with Gasteiger partial charge in [0.25, 0.3) is 0 Å². The third-order valence-corrected chi connectivity index (χ3v) is 6.41. The highest BCUT2D eigenvalue weighted by Gasteiger charge is 2.44. The Bertz CT molecular complexity index is 899. The lowest BCUT2D eigenvalue weighted by Gasteiger charge is -2.16. The van der Waals surface area contributed by atoms with Crippen molar-refractivity contribution in [2.75, 3.05) is 12.4 Å². The van der Waals surface area contributed by atoms with Gasteiger partial charge < -0.3 is 15.2 Å². The Balaban J connectivity index is 1.49. The fourth-order valence-electron chi connectivity index (χ4n) is 3.70. The molecule has 2 aliphatic rings. The molecule has 26 heavy (non-hydrogen) atoms. The summed E-state index contributed by atoms with van der Waals surface area (Å²) in [5.74, 6) is 0.892. The molecule has 4 rings (SSSR count). The van der Waals surface area contributed by atoms with Crippen LogP contribution in [0.25, 0.3) is 0 Å². The van der Waals surface area contributed by atoms with E-state index < -0.39 is 0 Å². The largest absolute Gasteiger partial charge is 0.497 e. The second kappa shape index (κ2) is 6.75. The number of nitrogens with zero attached hydrogens (tertiary/aromatic N) is 1. The summed E-state index contributed by atoms with van der Waals surface area (Å²) in [6.45, 7) is 0. The van der Waals surface area contributed by atoms with Gasteiger partial charge in [0.1, 0.15) is 16.8 Å². The number of hydrogen-bond acceptors (Lipinski definition) is 5. The molecule has 2 aliphatic carbocycles. The number of nitriles is 1. The molecular formula is C20H20N2O3S. The Hall–Kier alpha value is -2.36. The van der Waals surface area contributed by atoms with Gasteiger partial charge >= 0.3 is 0 Å². The molecule has 0 spiro atoms. The molecule has 0 aliphatic heterocycles. The van der Waals surface area contributed by atoms with Crippen molar-refractivity contribution in [2.45, 2.75) is 37.7 Å². The fraction of sp³-hybridized carbons (Fsp3) is 0.400. The van der Waals surface area contributed by atoms with Crippen molar-refractivity contribution in [1.82, 2.24) is 0 Å². The Morgan fingerprint density at radius 2 is 2.31 bits per heavy atom. The summed E-state index contributed by atoms with van der Waals surface area (Å²) in [5.41, 5.74) is 2.68. The van der Waals surface area contributed by atoms with Gasteiger partial charge in [0, 0.05) is 17.2 Å². The van der Waals surface area contributed by atoms with Crippen molar-refractivity contribution in [3.05, 3.63) is 45.8 Å². The van der Waals surface area contributed by atoms with E-state index in [1.165, 1.54) is 11.3 Å². The molecule has 1 fully saturated rings. The van der Waals surface area contributed by atoms with Gasteiger partial charge in [-0.3, -0.25) is 4.79 Å². The molecule has 6 heteroatoms. The van der Waals surface area contributed by atoms with Gasteiger partial charge in [0.2, 0.25) is 5.91 Å². The number of rotatable bonds is 4. The summed E-state index contributed by atoms with van der Waals surface area (Å²) in [5, 5.41) is 23.0. The number of carbonyl (C=O) groups excluding carboxylic acids is 1. The molecule has 2 N–H and O–H groups in total. The third-order valence-electron chi connectivity index (χ3n) is 5.24. The highest BCUT2D eigenvalue weighted by Crippen LogP contribution is 2.49. The van der Waals surface area contributed by atoms with E-state index in [2.05, 4.69) is 11.4 Å². The highest BCUT2D eigenvalue weighted by atomic mass is 32.1. The molecule has 0 saturated heterocycles. The number of benzene rings is 1. The van der Waals surface area contributed by atoms with Gasteiger partial charge in [-0.25, -0.2) is 0 Å². The quantitative estimate of drug-likeness (QED) is 0.868. The van der Waals surface area contributed by atoms with Crippen LogP contribution in [0, 0.1) is 17.2 Å². The van der Waals surface area contributed by atoms with Crippen molar-refractivity contribution < 1.29 is 14.6 Å². The van der Waals surface area contributed by atoms with Gasteiger partial charge in [-0.1, -0.05) is 12.1 Å². The van der Waals surface area contributed by atoms with Crippen molar-refractivity contribution in [3.8, 4) is 11.8 Å². The zero-order valence-electron chi connectivity index (χ0n) is 14.5. The molecule has 1 aromatic carbocycles. The lowest BCUT2D eigenvalue weighted by Crippen LogP contribution is -2.17. The third kappa shape index (κ3) is 3.09. The van der Waals surface area contributed by atoms with Crippen LogP contribution in [0.2, 0.25) is 0 Å². The summed E-state index contributed by atoms with van der Waals surface area (Å²) >= 11 is 1.43. The molecule has 0 bridgehead atoms. The van der Waals surface area contributed by atoms with E-state index in [0.717, 1.165) is 28.2 Å². The Morgan fingerprint density at radius 1 is 1.46 bits per heavy atom. The number of thiophene rings is 1. The van der Waals surface area contributed by atoms with Gasteiger partial charge in [-0.2, -0.15) is 5.26 Å². The maximum absolute atomic E-state index is 12.7. The predicted molar refractivity (Wildman–Crippen MR) is 99.5 cm³/mol. The standard InChI is InChI=1S/C20H20N2O3S/c1-25-13-4-2-3-11(7-13)15-9-16(15)19(24)22-20-17(10-21)14-6-5-12(23)8-18(14)26-20/h2-4,7,12,15-16,23H,5-6,8-9H2,1H3,(H,22,24). The summed E-state index contributed by atoms with van der Waals surface area (Å²) in [6, 6.07) is 10.1. The lowest BCUT2D eigenvalue weighted by atomic mass is 9.94. The number of aliphatic hydroxyl groups is 1. The second-order valence-electron chi connectivity index (χ2n) is 6.93. The molecule has 3 unspecified atom stereocenters. The van der Waals surface area contributed by atoms with E-state index in [1.807, 2.05) is 24.3 Å². The predicted octanol–water partition coefficient (Wildman–Crippen LogP) is 3.22. The van der Waals surface area contributed by atoms with Crippen molar-refractivity contribution in [2.24, 2.45) is 5.92 Å². The molecule has 5 nitrogen and oxygen atoms in total. The van der Waals surface area contributed by atoms with E-state index in [4.69, 9.17) is 4.74 Å². The smallest absolute Gasteiger partial charge is 0.228 e. The highest BCUT2D eigenvalue weighted by molar-refractivity contribution is 7.16. The topological polar surface area (TPSA) is 82.3 Å². The van der Waals surface area contributed by atoms with Crippen LogP contribution in [0.5, 0.6) is 5.75 Å². The fourth-order valence-corrected chi connectivity index (χ4v) is 4.98. The van der Waals surface area contributed by atoms with Crippen LogP contribution in [0.3, 0.4) is 0 Å². The molecule has 1 amide bonds. The number of hydrogen-bond donors (Lipinski definition) is 2. The minimum Gasteiger partial charge on any atom is -0.497 e. The number of carbonyl (C=O) groups is 1. The minimum absolute atomic E-state index is 0.0338. The molecule has 2 aromatic rings. The Morgan fingerprint density at radius 3 is 3.08 bits per heavy atom. The number of amides is 1. The first-order valence-corrected chi connectivity index (χ1v) is 9.60. The maximum atomic E-state index is 12.7. The van der Waals surface area contributed by atoms with Crippen LogP contribution in [0.1, 0.15) is 40.3 Å². The maximum Gasteiger partial charge on any atom is 0.228 e. The first-order valence-electron chi connectivity index (χ1n) is 8.78. The van der Waals surface area contributed by atoms with Crippen LogP contribution in [-0.4, -0.2) is 24.2 Å². The number of aliphatic hydroxyl groups excluding tert-OH is 1. The van der Waals surface area contributed by atoms with Gasteiger partial charge in [-0.15, -0.1) is 11.3 Å². The van der Waals surface area contributed by atoms with Crippen molar-refractivity contribution in [1.29, 1.82) is 5.26 Å². The normalized spacial score (nSPS) is 23.7. The summed E-state index contributed by atoms with van der Waals surface area (Å²) in [6.07, 6.45) is 2.40. The molecular weight excluding hydrogens is 348 g/mol. The average Bonchev–Trinajstić information content (AvgIpc) is 3.38. The molecule has 0 radical (unpaired) electrons. The van der Waals surface area contributed by atoms with Crippen LogP contribution >= 0.6 is 11.3 Å². The van der Waals surface area contributed by atoms with E-state index in [9.17, 15) is 15.2 Å². The molecule has 1 aromatic heterocycles. The zero-order valence-corrected chi connectivity index (χ0v) is 15.3. The molecule has 3 atom stereocenters. The molecule has 1 heterocycles. The van der Waals surface area contributed by atoms with E-state index in [1.54, 1.807) is 7.11 Å². The van der Waals surface area contributed by atoms with Gasteiger partial charge in [-0.05, 0) is 48.4 Å². The number of fused-ring (bicyclic) bond motifs is 1. The molecule has 1 saturated carbocycles. The van der Waals surface area contributed by atoms with Crippen molar-refractivity contribution >= 4 is 22.2 Å². The lowest BCUT2D eigenvalue weighted by molar-refractivity contribution is -0.117. The van der Waals surface area contributed by atoms with Crippen molar-refractivity contribution in [3.63, 3.8) is 0 Å². The van der Waals surface area contributed by atoms with E-state index >= 15 is 0 Å². The SMILES string of the molecule is COc1cccc(C2CC2C(=O)Nc2sc3c(c2C#N)CCC(O)C3)c1. The Kier molecular flexibility index (Phi) is 4.43. The van der Waals surface area contributed by atoms with Crippen LogP contribution in [-0.2, 0) is 17.6 Å². The van der Waals surface area contributed by atoms with Crippen LogP contribution in [0.4, 0.5) is 5.00 Å². The zero-order chi connectivity index (χ0) is 18.3. The van der Waals surface area contributed by atoms with E-state index in [-0.39, 0.29) is 23.8 Å². The van der Waals surface area contributed by atoms with Gasteiger partial charge in [0.15, 0.2) is 0 Å². The first kappa shape index (κ1) is 17.1. The summed E-state index contributed by atoms with van der Waals surface area (Å²) < 4.78 is 5.25. The second-order valence-corrected chi connectivity index (χ2v) is 8.04. The van der Waals surface area contributed by atoms with Gasteiger partial charge in [0.05, 0.1) is 18.8 Å². The monoisotopic (exact) mass is 368 g/mol. The number of nitrogens with one attached hydrogen (secondary N) is 1.